The highest BCUT2D eigenvalue weighted by Crippen LogP contribution is 2.26. The first kappa shape index (κ1) is 21.0. The van der Waals surface area contributed by atoms with E-state index in [9.17, 15) is 13.2 Å². The van der Waals surface area contributed by atoms with Crippen LogP contribution >= 0.6 is 0 Å². The molecule has 0 fully saturated rings. The summed E-state index contributed by atoms with van der Waals surface area (Å²) in [6.45, 7) is 9.51. The molecule has 0 aliphatic carbocycles. The smallest absolute Gasteiger partial charge is 0.248 e. The molecule has 0 saturated carbocycles. The molecule has 0 spiro atoms. The molecule has 2 rings (SSSR count). The molecule has 6 heteroatoms. The maximum Gasteiger partial charge on any atom is 0.248 e. The Bertz CT molecular complexity index is 916. The molecule has 0 aliphatic rings. The van der Waals surface area contributed by atoms with Crippen molar-refractivity contribution in [1.82, 2.24) is 0 Å². The zero-order chi connectivity index (χ0) is 20.4. The summed E-state index contributed by atoms with van der Waals surface area (Å²) in [7, 11) is -3.64. The van der Waals surface area contributed by atoms with E-state index in [0.717, 1.165) is 22.9 Å². The van der Waals surface area contributed by atoms with Crippen LogP contribution in [0.25, 0.3) is 0 Å². The quantitative estimate of drug-likeness (QED) is 0.806. The average Bonchev–Trinajstić information content (AvgIpc) is 2.52. The Hall–Kier alpha value is -2.34. The number of nitrogens with zero attached hydrogens (tertiary/aromatic N) is 1. The van der Waals surface area contributed by atoms with E-state index in [4.69, 9.17) is 0 Å². The number of carbonyl (C=O) groups excluding carboxylic acids is 1. The summed E-state index contributed by atoms with van der Waals surface area (Å²) >= 11 is 0. The Morgan fingerprint density at radius 3 is 2.07 bits per heavy atom. The Balaban J connectivity index is 2.39. The molecule has 1 N–H and O–H groups in total. The number of aryl methyl sites for hydroxylation is 2. The maximum atomic E-state index is 12.9. The summed E-state index contributed by atoms with van der Waals surface area (Å²) in [5.74, 6) is -0.130. The van der Waals surface area contributed by atoms with Crippen LogP contribution in [-0.4, -0.2) is 26.6 Å². The van der Waals surface area contributed by atoms with E-state index in [1.165, 1.54) is 4.31 Å². The van der Waals surface area contributed by atoms with Crippen molar-refractivity contribution in [3.05, 3.63) is 59.2 Å². The van der Waals surface area contributed by atoms with Crippen LogP contribution in [0.15, 0.2) is 42.5 Å². The van der Waals surface area contributed by atoms with Crippen LogP contribution in [0.4, 0.5) is 11.4 Å². The van der Waals surface area contributed by atoms with Gasteiger partial charge in [0.25, 0.3) is 0 Å². The number of amides is 1. The number of anilines is 2. The molecule has 146 valence electrons. The Labute approximate surface area is 162 Å². The van der Waals surface area contributed by atoms with E-state index >= 15 is 0 Å². The number of nitrogens with one attached hydrogen (secondary N) is 1. The summed E-state index contributed by atoms with van der Waals surface area (Å²) in [6.07, 6.45) is 1.12. The predicted octanol–water partition coefficient (Wildman–Crippen LogP) is 4.22. The SMILES string of the molecule is Cc1cc(C)cc(N([C@H](C)C(=O)Nc2ccccc2C(C)C)S(C)(=O)=O)c1. The molecule has 0 aliphatic heterocycles. The highest BCUT2D eigenvalue weighted by molar-refractivity contribution is 7.92. The van der Waals surface area contributed by atoms with Crippen molar-refractivity contribution in [3.63, 3.8) is 0 Å². The normalized spacial score (nSPS) is 12.7. The summed E-state index contributed by atoms with van der Waals surface area (Å²) in [5.41, 5.74) is 4.09. The Morgan fingerprint density at radius 2 is 1.56 bits per heavy atom. The first-order chi connectivity index (χ1) is 12.5. The zero-order valence-electron chi connectivity index (χ0n) is 16.8. The van der Waals surface area contributed by atoms with Crippen molar-refractivity contribution >= 4 is 27.3 Å². The number of hydrogen-bond donors (Lipinski definition) is 1. The van der Waals surface area contributed by atoms with Crippen molar-refractivity contribution in [1.29, 1.82) is 0 Å². The van der Waals surface area contributed by atoms with Crippen LogP contribution in [0, 0.1) is 13.8 Å². The van der Waals surface area contributed by atoms with Crippen LogP contribution in [0.2, 0.25) is 0 Å². The van der Waals surface area contributed by atoms with Crippen LogP contribution in [0.3, 0.4) is 0 Å². The molecule has 5 nitrogen and oxygen atoms in total. The number of para-hydroxylation sites is 1. The Kier molecular flexibility index (Phi) is 6.31. The lowest BCUT2D eigenvalue weighted by Crippen LogP contribution is -2.45. The second-order valence-corrected chi connectivity index (χ2v) is 9.17. The fourth-order valence-electron chi connectivity index (χ4n) is 3.24. The molecular formula is C21H28N2O3S. The van der Waals surface area contributed by atoms with E-state index in [1.807, 2.05) is 58.0 Å². The fourth-order valence-corrected chi connectivity index (χ4v) is 4.40. The minimum atomic E-state index is -3.64. The lowest BCUT2D eigenvalue weighted by Gasteiger charge is -2.29. The summed E-state index contributed by atoms with van der Waals surface area (Å²) in [5, 5.41) is 2.90. The number of rotatable bonds is 6. The highest BCUT2D eigenvalue weighted by atomic mass is 32.2. The van der Waals surface area contributed by atoms with Gasteiger partial charge < -0.3 is 5.32 Å². The molecule has 1 amide bonds. The number of sulfonamides is 1. The number of benzene rings is 2. The lowest BCUT2D eigenvalue weighted by atomic mass is 10.0. The van der Waals surface area contributed by atoms with Crippen LogP contribution in [0.1, 0.15) is 43.4 Å². The fraction of sp³-hybridized carbons (Fsp3) is 0.381. The topological polar surface area (TPSA) is 66.5 Å². The molecule has 0 radical (unpaired) electrons. The zero-order valence-corrected chi connectivity index (χ0v) is 17.6. The van der Waals surface area contributed by atoms with Crippen molar-refractivity contribution in [2.45, 2.75) is 46.6 Å². The number of carbonyl (C=O) groups is 1. The van der Waals surface area contributed by atoms with Crippen molar-refractivity contribution < 1.29 is 13.2 Å². The summed E-state index contributed by atoms with van der Waals surface area (Å²) < 4.78 is 26.1. The molecule has 0 unspecified atom stereocenters. The summed E-state index contributed by atoms with van der Waals surface area (Å²) in [6, 6.07) is 12.2. The predicted molar refractivity (Wildman–Crippen MR) is 112 cm³/mol. The maximum absolute atomic E-state index is 12.9. The van der Waals surface area contributed by atoms with Gasteiger partial charge in [0.2, 0.25) is 15.9 Å². The van der Waals surface area contributed by atoms with E-state index in [2.05, 4.69) is 5.32 Å². The van der Waals surface area contributed by atoms with Gasteiger partial charge in [-0.1, -0.05) is 38.1 Å². The lowest BCUT2D eigenvalue weighted by molar-refractivity contribution is -0.116. The van der Waals surface area contributed by atoms with Gasteiger partial charge in [-0.05, 0) is 61.6 Å². The third kappa shape index (κ3) is 5.10. The van der Waals surface area contributed by atoms with Gasteiger partial charge in [-0.2, -0.15) is 0 Å². The van der Waals surface area contributed by atoms with Gasteiger partial charge in [0.1, 0.15) is 6.04 Å². The monoisotopic (exact) mass is 388 g/mol. The van der Waals surface area contributed by atoms with E-state index in [-0.39, 0.29) is 11.8 Å². The summed E-state index contributed by atoms with van der Waals surface area (Å²) in [4.78, 5) is 12.9. The minimum Gasteiger partial charge on any atom is -0.324 e. The van der Waals surface area contributed by atoms with Gasteiger partial charge >= 0.3 is 0 Å². The molecule has 2 aromatic carbocycles. The molecule has 2 aromatic rings. The molecule has 1 atom stereocenters. The van der Waals surface area contributed by atoms with Crippen LogP contribution in [0.5, 0.6) is 0 Å². The highest BCUT2D eigenvalue weighted by Gasteiger charge is 2.29. The standard InChI is InChI=1S/C21H28N2O3S/c1-14(2)19-9-7-8-10-20(19)22-21(24)17(5)23(27(6,25)26)18-12-15(3)11-16(4)13-18/h7-14,17H,1-6H3,(H,22,24)/t17-/m1/s1. The molecule has 0 heterocycles. The second kappa shape index (κ2) is 8.13. The van der Waals surface area contributed by atoms with Gasteiger partial charge in [0, 0.05) is 5.69 Å². The largest absolute Gasteiger partial charge is 0.324 e. The van der Waals surface area contributed by atoms with Crippen LogP contribution in [-0.2, 0) is 14.8 Å². The van der Waals surface area contributed by atoms with Gasteiger partial charge in [-0.3, -0.25) is 9.10 Å². The van der Waals surface area contributed by atoms with Crippen molar-refractivity contribution in [2.24, 2.45) is 0 Å². The first-order valence-corrected chi connectivity index (χ1v) is 10.8. The van der Waals surface area contributed by atoms with Gasteiger partial charge in [0.15, 0.2) is 0 Å². The van der Waals surface area contributed by atoms with E-state index in [0.29, 0.717) is 11.4 Å². The van der Waals surface area contributed by atoms with Crippen LogP contribution < -0.4 is 9.62 Å². The second-order valence-electron chi connectivity index (χ2n) is 7.31. The third-order valence-electron chi connectivity index (χ3n) is 4.39. The minimum absolute atomic E-state index is 0.238. The van der Waals surface area contributed by atoms with E-state index < -0.39 is 16.1 Å². The third-order valence-corrected chi connectivity index (χ3v) is 5.63. The van der Waals surface area contributed by atoms with Crippen molar-refractivity contribution in [2.75, 3.05) is 15.9 Å². The average molecular weight is 389 g/mol. The van der Waals surface area contributed by atoms with E-state index in [1.54, 1.807) is 19.1 Å². The molecular weight excluding hydrogens is 360 g/mol. The van der Waals surface area contributed by atoms with Gasteiger partial charge in [0.05, 0.1) is 11.9 Å². The van der Waals surface area contributed by atoms with Gasteiger partial charge in [-0.25, -0.2) is 8.42 Å². The molecule has 0 aromatic heterocycles. The van der Waals surface area contributed by atoms with Crippen molar-refractivity contribution in [3.8, 4) is 0 Å². The number of hydrogen-bond acceptors (Lipinski definition) is 3. The molecule has 0 bridgehead atoms. The first-order valence-electron chi connectivity index (χ1n) is 8.98. The molecule has 27 heavy (non-hydrogen) atoms. The Morgan fingerprint density at radius 1 is 1.00 bits per heavy atom. The molecule has 0 saturated heterocycles. The van der Waals surface area contributed by atoms with Gasteiger partial charge in [-0.15, -0.1) is 0 Å².